The molecule has 0 bridgehead atoms. The molecule has 0 aliphatic carbocycles. The second kappa shape index (κ2) is 8.98. The fourth-order valence-electron chi connectivity index (χ4n) is 3.85. The van der Waals surface area contributed by atoms with Gasteiger partial charge in [0.2, 0.25) is 0 Å². The number of hydrogen-bond acceptors (Lipinski definition) is 5. The van der Waals surface area contributed by atoms with Crippen LogP contribution >= 0.6 is 0 Å². The van der Waals surface area contributed by atoms with Crippen LogP contribution in [0.2, 0.25) is 0 Å². The van der Waals surface area contributed by atoms with Crippen LogP contribution in [0.3, 0.4) is 0 Å². The molecule has 2 fully saturated rings. The molecule has 0 atom stereocenters. The Balaban J connectivity index is 1.59. The summed E-state index contributed by atoms with van der Waals surface area (Å²) in [6.07, 6.45) is 4.85. The zero-order chi connectivity index (χ0) is 19.2. The molecule has 0 radical (unpaired) electrons. The number of carbonyl (C=O) groups is 1. The molecule has 0 spiro atoms. The van der Waals surface area contributed by atoms with E-state index in [0.717, 1.165) is 52.0 Å². The lowest BCUT2D eigenvalue weighted by Gasteiger charge is -2.38. The summed E-state index contributed by atoms with van der Waals surface area (Å²) >= 11 is 0. The van der Waals surface area contributed by atoms with E-state index in [1.165, 1.54) is 12.3 Å². The first-order chi connectivity index (χ1) is 13.0. The van der Waals surface area contributed by atoms with E-state index < -0.39 is 17.9 Å². The number of hydrogen-bond donors (Lipinski definition) is 2. The van der Waals surface area contributed by atoms with Gasteiger partial charge < -0.3 is 25.8 Å². The van der Waals surface area contributed by atoms with Crippen molar-refractivity contribution < 1.29 is 18.7 Å². The van der Waals surface area contributed by atoms with Gasteiger partial charge in [-0.05, 0) is 43.6 Å². The van der Waals surface area contributed by atoms with E-state index in [1.54, 1.807) is 0 Å². The Morgan fingerprint density at radius 1 is 1.26 bits per heavy atom. The summed E-state index contributed by atoms with van der Waals surface area (Å²) in [5.74, 6) is 0.801. The van der Waals surface area contributed by atoms with Crippen molar-refractivity contribution in [3.05, 3.63) is 23.6 Å². The molecule has 148 valence electrons. The highest BCUT2D eigenvalue weighted by molar-refractivity contribution is 5.87. The predicted molar refractivity (Wildman–Crippen MR) is 98.7 cm³/mol. The summed E-state index contributed by atoms with van der Waals surface area (Å²) < 4.78 is 25.1. The first kappa shape index (κ1) is 19.3. The summed E-state index contributed by atoms with van der Waals surface area (Å²) in [6, 6.07) is 1.48. The molecule has 1 amide bonds. The predicted octanol–water partition coefficient (Wildman–Crippen LogP) is 1.77. The van der Waals surface area contributed by atoms with Gasteiger partial charge in [0.05, 0.1) is 0 Å². The van der Waals surface area contributed by atoms with E-state index in [0.29, 0.717) is 17.7 Å². The van der Waals surface area contributed by atoms with E-state index >= 15 is 0 Å². The molecule has 8 nitrogen and oxygen atoms in total. The van der Waals surface area contributed by atoms with Crippen LogP contribution in [0.1, 0.15) is 31.2 Å². The van der Waals surface area contributed by atoms with Crippen LogP contribution in [0, 0.1) is 17.7 Å². The number of ether oxygens (including phenoxy) is 2. The van der Waals surface area contributed by atoms with E-state index in [2.05, 4.69) is 9.98 Å². The van der Waals surface area contributed by atoms with Crippen molar-refractivity contribution in [2.24, 2.45) is 28.3 Å². The van der Waals surface area contributed by atoms with Crippen LogP contribution in [0.25, 0.3) is 0 Å². The van der Waals surface area contributed by atoms with Gasteiger partial charge in [0.15, 0.2) is 17.6 Å². The molecule has 0 unspecified atom stereocenters. The van der Waals surface area contributed by atoms with E-state index in [9.17, 15) is 9.18 Å². The van der Waals surface area contributed by atoms with Crippen molar-refractivity contribution in [3.63, 3.8) is 0 Å². The number of amides is 1. The third-order valence-corrected chi connectivity index (χ3v) is 5.29. The minimum absolute atomic E-state index is 0.241. The van der Waals surface area contributed by atoms with Gasteiger partial charge >= 0.3 is 6.09 Å². The molecule has 0 saturated carbocycles. The average Bonchev–Trinajstić information content (AvgIpc) is 2.67. The van der Waals surface area contributed by atoms with Crippen LogP contribution in [0.4, 0.5) is 15.0 Å². The first-order valence-corrected chi connectivity index (χ1v) is 9.27. The van der Waals surface area contributed by atoms with E-state index in [4.69, 9.17) is 20.9 Å². The normalized spacial score (nSPS) is 18.9. The summed E-state index contributed by atoms with van der Waals surface area (Å²) in [7, 11) is 0. The molecule has 9 heteroatoms. The number of pyridine rings is 1. The standard InChI is InChI=1S/C18H26FN5O3/c19-15-14(11-27-18(25)23-17(20)21)1-6-22-16(15)24-7-2-12(3-8-24)13-4-9-26-10-5-13/h1,6,12-13H,2-5,7-11H2,(H4,20,21,23,25). The zero-order valence-corrected chi connectivity index (χ0v) is 15.3. The Kier molecular flexibility index (Phi) is 6.44. The van der Waals surface area contributed by atoms with Gasteiger partial charge in [-0.1, -0.05) is 0 Å². The molecule has 2 aliphatic rings. The van der Waals surface area contributed by atoms with Gasteiger partial charge in [0.1, 0.15) is 6.61 Å². The molecule has 2 aliphatic heterocycles. The molecule has 3 rings (SSSR count). The second-order valence-corrected chi connectivity index (χ2v) is 6.97. The lowest BCUT2D eigenvalue weighted by Crippen LogP contribution is -2.38. The lowest BCUT2D eigenvalue weighted by atomic mass is 9.80. The summed E-state index contributed by atoms with van der Waals surface area (Å²) in [4.78, 5) is 20.8. The van der Waals surface area contributed by atoms with Crippen LogP contribution in [0.5, 0.6) is 0 Å². The van der Waals surface area contributed by atoms with Crippen molar-refractivity contribution in [2.75, 3.05) is 31.2 Å². The summed E-state index contributed by atoms with van der Waals surface area (Å²) in [5.41, 5.74) is 10.5. The number of guanidine groups is 1. The van der Waals surface area contributed by atoms with Crippen LogP contribution < -0.4 is 16.4 Å². The van der Waals surface area contributed by atoms with Crippen molar-refractivity contribution >= 4 is 17.9 Å². The molecule has 1 aromatic heterocycles. The van der Waals surface area contributed by atoms with Gasteiger partial charge in [-0.3, -0.25) is 0 Å². The van der Waals surface area contributed by atoms with Crippen LogP contribution in [-0.2, 0) is 16.1 Å². The number of nitrogens with two attached hydrogens (primary N) is 2. The van der Waals surface area contributed by atoms with Gasteiger partial charge in [0, 0.05) is 38.1 Å². The highest BCUT2D eigenvalue weighted by Gasteiger charge is 2.29. The third kappa shape index (κ3) is 5.06. The van der Waals surface area contributed by atoms with Crippen molar-refractivity contribution in [1.29, 1.82) is 0 Å². The minimum Gasteiger partial charge on any atom is -0.443 e. The number of piperidine rings is 1. The van der Waals surface area contributed by atoms with Crippen molar-refractivity contribution in [1.82, 2.24) is 4.98 Å². The largest absolute Gasteiger partial charge is 0.443 e. The Morgan fingerprint density at radius 2 is 1.93 bits per heavy atom. The Bertz CT molecular complexity index is 682. The maximum Gasteiger partial charge on any atom is 0.437 e. The monoisotopic (exact) mass is 379 g/mol. The van der Waals surface area contributed by atoms with Gasteiger partial charge in [0.25, 0.3) is 0 Å². The van der Waals surface area contributed by atoms with Crippen molar-refractivity contribution in [3.8, 4) is 0 Å². The van der Waals surface area contributed by atoms with Gasteiger partial charge in [-0.25, -0.2) is 14.2 Å². The number of carbonyl (C=O) groups excluding carboxylic acids is 1. The molecule has 27 heavy (non-hydrogen) atoms. The Labute approximate surface area is 157 Å². The molecular formula is C18H26FN5O3. The highest BCUT2D eigenvalue weighted by atomic mass is 19.1. The third-order valence-electron chi connectivity index (χ3n) is 5.29. The van der Waals surface area contributed by atoms with Gasteiger partial charge in [-0.15, -0.1) is 4.99 Å². The number of rotatable bonds is 4. The molecule has 1 aromatic rings. The molecular weight excluding hydrogens is 353 g/mol. The van der Waals surface area contributed by atoms with Crippen LogP contribution in [-0.4, -0.2) is 43.3 Å². The maximum absolute atomic E-state index is 14.8. The highest BCUT2D eigenvalue weighted by Crippen LogP contribution is 2.33. The number of aromatic nitrogens is 1. The first-order valence-electron chi connectivity index (χ1n) is 9.27. The second-order valence-electron chi connectivity index (χ2n) is 6.97. The maximum atomic E-state index is 14.8. The van der Waals surface area contributed by atoms with Gasteiger partial charge in [-0.2, -0.15) is 0 Å². The SMILES string of the molecule is NC(N)=NC(=O)OCc1ccnc(N2CCC(C3CCOCC3)CC2)c1F. The molecule has 0 aromatic carbocycles. The van der Waals surface area contributed by atoms with E-state index in [-0.39, 0.29) is 12.2 Å². The average molecular weight is 379 g/mol. The Morgan fingerprint density at radius 3 is 2.59 bits per heavy atom. The number of aliphatic imine (C=N–C) groups is 1. The summed E-state index contributed by atoms with van der Waals surface area (Å²) in [5, 5.41) is 0. The number of nitrogens with zero attached hydrogens (tertiary/aromatic N) is 3. The lowest BCUT2D eigenvalue weighted by molar-refractivity contribution is 0.0418. The summed E-state index contributed by atoms with van der Waals surface area (Å²) in [6.45, 7) is 2.98. The van der Waals surface area contributed by atoms with Crippen LogP contribution in [0.15, 0.2) is 17.3 Å². The fraction of sp³-hybridized carbons (Fsp3) is 0.611. The molecule has 3 heterocycles. The smallest absolute Gasteiger partial charge is 0.437 e. The number of anilines is 1. The van der Waals surface area contributed by atoms with E-state index in [1.807, 2.05) is 4.90 Å². The fourth-order valence-corrected chi connectivity index (χ4v) is 3.85. The van der Waals surface area contributed by atoms with Crippen molar-refractivity contribution in [2.45, 2.75) is 32.3 Å². The number of halogens is 1. The topological polar surface area (TPSA) is 116 Å². The molecule has 2 saturated heterocycles. The molecule has 4 N–H and O–H groups in total. The minimum atomic E-state index is -0.954. The Hall–Kier alpha value is -2.42. The zero-order valence-electron chi connectivity index (χ0n) is 15.3. The quantitative estimate of drug-likeness (QED) is 0.605.